The maximum atomic E-state index is 13.2. The van der Waals surface area contributed by atoms with Gasteiger partial charge in [-0.25, -0.2) is 8.78 Å². The molecule has 1 aromatic rings. The highest BCUT2D eigenvalue weighted by Gasteiger charge is 2.56. The van der Waals surface area contributed by atoms with E-state index < -0.39 is 29.1 Å². The molecule has 3 N–H and O–H groups in total. The first-order valence-electron chi connectivity index (χ1n) is 6.83. The number of ether oxygens (including phenoxy) is 1. The van der Waals surface area contributed by atoms with Gasteiger partial charge in [-0.05, 0) is 12.1 Å². The van der Waals surface area contributed by atoms with E-state index in [0.29, 0.717) is 0 Å². The van der Waals surface area contributed by atoms with Gasteiger partial charge in [0.2, 0.25) is 5.91 Å². The number of nitrogens with two attached hydrogens (primary N) is 1. The van der Waals surface area contributed by atoms with Gasteiger partial charge in [0.15, 0.2) is 11.6 Å². The molecule has 2 unspecified atom stereocenters. The summed E-state index contributed by atoms with van der Waals surface area (Å²) in [6.45, 7) is -0.275. The van der Waals surface area contributed by atoms with Crippen LogP contribution in [0, 0.1) is 17.0 Å². The van der Waals surface area contributed by atoms with Crippen molar-refractivity contribution in [2.24, 2.45) is 11.1 Å². The number of carboxylic acid groups (broad SMARTS) is 1. The molecule has 124 valence electrons. The van der Waals surface area contributed by atoms with Crippen molar-refractivity contribution in [3.8, 4) is 5.75 Å². The molecule has 0 radical (unpaired) electrons. The SMILES string of the molecule is NC1C(=O)N2CC(COc3ccc(F)c(F)c3)(C(=O)O)CS[C@H]12. The Morgan fingerprint density at radius 2 is 2.22 bits per heavy atom. The number of carboxylic acids is 1. The fraction of sp³-hybridized carbons (Fsp3) is 0.429. The Hall–Kier alpha value is -1.87. The van der Waals surface area contributed by atoms with Gasteiger partial charge in [-0.2, -0.15) is 0 Å². The average Bonchev–Trinajstić information content (AvgIpc) is 2.54. The first-order valence-corrected chi connectivity index (χ1v) is 7.88. The minimum Gasteiger partial charge on any atom is -0.492 e. The highest BCUT2D eigenvalue weighted by molar-refractivity contribution is 8.00. The zero-order valence-corrected chi connectivity index (χ0v) is 12.7. The molecule has 2 aliphatic rings. The van der Waals surface area contributed by atoms with E-state index in [4.69, 9.17) is 10.5 Å². The summed E-state index contributed by atoms with van der Waals surface area (Å²) < 4.78 is 31.4. The van der Waals surface area contributed by atoms with Crippen molar-refractivity contribution < 1.29 is 28.2 Å². The predicted octanol–water partition coefficient (Wildman–Crippen LogP) is 0.657. The second-order valence-corrected chi connectivity index (χ2v) is 6.75. The zero-order chi connectivity index (χ0) is 16.8. The molecule has 23 heavy (non-hydrogen) atoms. The van der Waals surface area contributed by atoms with Crippen LogP contribution in [0.4, 0.5) is 8.78 Å². The molecule has 2 fully saturated rings. The quantitative estimate of drug-likeness (QED) is 0.780. The van der Waals surface area contributed by atoms with E-state index in [9.17, 15) is 23.5 Å². The molecule has 2 saturated heterocycles. The van der Waals surface area contributed by atoms with Crippen LogP contribution in [0.1, 0.15) is 0 Å². The maximum Gasteiger partial charge on any atom is 0.315 e. The van der Waals surface area contributed by atoms with Crippen LogP contribution < -0.4 is 10.5 Å². The number of rotatable bonds is 4. The average molecular weight is 344 g/mol. The molecule has 0 saturated carbocycles. The molecule has 0 spiro atoms. The Bertz CT molecular complexity index is 674. The number of nitrogens with zero attached hydrogens (tertiary/aromatic N) is 1. The van der Waals surface area contributed by atoms with Crippen molar-refractivity contribution >= 4 is 23.6 Å². The standard InChI is InChI=1S/C14H14F2N2O4S/c15-8-2-1-7(3-9(8)16)22-5-14(13(20)21)4-18-11(19)10(17)12(18)23-6-14/h1-3,10,12H,4-6,17H2,(H,20,21)/t10?,12-,14?/m1/s1. The highest BCUT2D eigenvalue weighted by Crippen LogP contribution is 2.41. The number of fused-ring (bicyclic) bond motifs is 1. The third-order valence-electron chi connectivity index (χ3n) is 4.05. The lowest BCUT2D eigenvalue weighted by molar-refractivity contribution is -0.158. The Morgan fingerprint density at radius 1 is 1.48 bits per heavy atom. The van der Waals surface area contributed by atoms with Gasteiger partial charge in [0.25, 0.3) is 0 Å². The van der Waals surface area contributed by atoms with Crippen LogP contribution in [-0.2, 0) is 9.59 Å². The molecule has 2 aliphatic heterocycles. The molecule has 6 nitrogen and oxygen atoms in total. The van der Waals surface area contributed by atoms with Crippen molar-refractivity contribution in [3.05, 3.63) is 29.8 Å². The monoisotopic (exact) mass is 344 g/mol. The van der Waals surface area contributed by atoms with E-state index in [1.54, 1.807) is 0 Å². The first kappa shape index (κ1) is 16.0. The molecule has 3 rings (SSSR count). The van der Waals surface area contributed by atoms with E-state index in [0.717, 1.165) is 12.1 Å². The number of hydrogen-bond acceptors (Lipinski definition) is 5. The van der Waals surface area contributed by atoms with Gasteiger partial charge in [-0.1, -0.05) is 0 Å². The van der Waals surface area contributed by atoms with Crippen molar-refractivity contribution in [3.63, 3.8) is 0 Å². The number of benzene rings is 1. The van der Waals surface area contributed by atoms with Crippen LogP contribution in [-0.4, -0.2) is 52.2 Å². The lowest BCUT2D eigenvalue weighted by Gasteiger charge is -2.52. The number of hydrogen-bond donors (Lipinski definition) is 2. The summed E-state index contributed by atoms with van der Waals surface area (Å²) in [5.74, 6) is -3.24. The highest BCUT2D eigenvalue weighted by atomic mass is 32.2. The molecule has 2 heterocycles. The van der Waals surface area contributed by atoms with Gasteiger partial charge in [0.05, 0.1) is 0 Å². The van der Waals surface area contributed by atoms with E-state index in [1.165, 1.54) is 22.7 Å². The number of β-lactam (4-membered cyclic amide) rings is 1. The molecule has 3 atom stereocenters. The number of carbonyl (C=O) groups is 2. The lowest BCUT2D eigenvalue weighted by atomic mass is 9.88. The van der Waals surface area contributed by atoms with E-state index in [2.05, 4.69) is 0 Å². The lowest BCUT2D eigenvalue weighted by Crippen LogP contribution is -2.72. The molecule has 9 heteroatoms. The molecular formula is C14H14F2N2O4S. The van der Waals surface area contributed by atoms with Crippen LogP contribution in [0.25, 0.3) is 0 Å². The van der Waals surface area contributed by atoms with Crippen LogP contribution in [0.5, 0.6) is 5.75 Å². The number of amides is 1. The van der Waals surface area contributed by atoms with Crippen LogP contribution in [0.15, 0.2) is 18.2 Å². The van der Waals surface area contributed by atoms with Crippen molar-refractivity contribution in [1.29, 1.82) is 0 Å². The Balaban J connectivity index is 1.73. The molecule has 0 aromatic heterocycles. The van der Waals surface area contributed by atoms with Gasteiger partial charge in [-0.3, -0.25) is 9.59 Å². The van der Waals surface area contributed by atoms with Crippen molar-refractivity contribution in [2.45, 2.75) is 11.4 Å². The number of carbonyl (C=O) groups excluding carboxylic acids is 1. The Kier molecular flexibility index (Phi) is 3.93. The van der Waals surface area contributed by atoms with Gasteiger partial charge in [0, 0.05) is 18.4 Å². The van der Waals surface area contributed by atoms with Crippen molar-refractivity contribution in [1.82, 2.24) is 4.90 Å². The predicted molar refractivity (Wildman–Crippen MR) is 77.9 cm³/mol. The van der Waals surface area contributed by atoms with Crippen LogP contribution >= 0.6 is 11.8 Å². The summed E-state index contributed by atoms with van der Waals surface area (Å²) in [5.41, 5.74) is 4.35. The summed E-state index contributed by atoms with van der Waals surface area (Å²) in [6.07, 6.45) is 0. The first-order chi connectivity index (χ1) is 10.8. The maximum absolute atomic E-state index is 13.2. The fourth-order valence-corrected chi connectivity index (χ4v) is 4.07. The zero-order valence-electron chi connectivity index (χ0n) is 11.9. The van der Waals surface area contributed by atoms with Gasteiger partial charge in [-0.15, -0.1) is 11.8 Å². The minimum absolute atomic E-state index is 0.0176. The van der Waals surface area contributed by atoms with Gasteiger partial charge >= 0.3 is 5.97 Å². The Labute approximate surface area is 134 Å². The molecule has 0 aliphatic carbocycles. The van der Waals surface area contributed by atoms with Crippen LogP contribution in [0.2, 0.25) is 0 Å². The third kappa shape index (κ3) is 2.63. The molecule has 1 amide bonds. The second-order valence-electron chi connectivity index (χ2n) is 5.64. The van der Waals surface area contributed by atoms with Gasteiger partial charge < -0.3 is 20.5 Å². The largest absolute Gasteiger partial charge is 0.492 e. The van der Waals surface area contributed by atoms with E-state index in [-0.39, 0.29) is 35.9 Å². The summed E-state index contributed by atoms with van der Waals surface area (Å²) in [5, 5.41) is 9.34. The van der Waals surface area contributed by atoms with Crippen LogP contribution in [0.3, 0.4) is 0 Å². The topological polar surface area (TPSA) is 92.9 Å². The second kappa shape index (κ2) is 5.64. The minimum atomic E-state index is -1.32. The molecule has 0 bridgehead atoms. The van der Waals surface area contributed by atoms with E-state index in [1.807, 2.05) is 0 Å². The summed E-state index contributed by atoms with van der Waals surface area (Å²) in [6, 6.07) is 2.38. The Morgan fingerprint density at radius 3 is 2.87 bits per heavy atom. The van der Waals surface area contributed by atoms with E-state index >= 15 is 0 Å². The summed E-state index contributed by atoms with van der Waals surface area (Å²) in [4.78, 5) is 24.8. The smallest absolute Gasteiger partial charge is 0.315 e. The molecular weight excluding hydrogens is 330 g/mol. The molecule has 1 aromatic carbocycles. The number of halogens is 2. The third-order valence-corrected chi connectivity index (χ3v) is 5.65. The summed E-state index contributed by atoms with van der Waals surface area (Å²) >= 11 is 1.29. The number of aliphatic carboxylic acids is 1. The van der Waals surface area contributed by atoms with Crippen molar-refractivity contribution in [2.75, 3.05) is 18.9 Å². The number of thioether (sulfide) groups is 1. The fourth-order valence-electron chi connectivity index (χ4n) is 2.60. The van der Waals surface area contributed by atoms with Gasteiger partial charge in [0.1, 0.15) is 29.2 Å². The normalized spacial score (nSPS) is 29.7. The summed E-state index contributed by atoms with van der Waals surface area (Å²) in [7, 11) is 0.